The lowest BCUT2D eigenvalue weighted by Gasteiger charge is -2.48. The van der Waals surface area contributed by atoms with E-state index < -0.39 is 0 Å². The van der Waals surface area contributed by atoms with Crippen molar-refractivity contribution >= 4 is 17.2 Å². The zero-order valence-corrected chi connectivity index (χ0v) is 14.0. The minimum Gasteiger partial charge on any atom is -0.323 e. The fourth-order valence-electron chi connectivity index (χ4n) is 3.62. The van der Waals surface area contributed by atoms with Crippen molar-refractivity contribution in [1.82, 2.24) is 24.4 Å². The lowest BCUT2D eigenvalue weighted by atomic mass is 9.85. The van der Waals surface area contributed by atoms with Gasteiger partial charge in [-0.05, 0) is 12.1 Å². The minimum atomic E-state index is -0.187. The Hall–Kier alpha value is -2.51. The van der Waals surface area contributed by atoms with Gasteiger partial charge in [0.05, 0.1) is 13.1 Å². The maximum atomic E-state index is 12.5. The van der Waals surface area contributed by atoms with E-state index in [2.05, 4.69) is 23.8 Å². The third-order valence-electron chi connectivity index (χ3n) is 4.75. The van der Waals surface area contributed by atoms with Crippen LogP contribution in [-0.4, -0.2) is 69.7 Å². The van der Waals surface area contributed by atoms with Crippen LogP contribution >= 0.6 is 0 Å². The number of rotatable bonds is 1. The molecule has 2 amide bonds. The van der Waals surface area contributed by atoms with Crippen molar-refractivity contribution in [3.05, 3.63) is 28.8 Å². The lowest BCUT2D eigenvalue weighted by molar-refractivity contribution is 0.0409. The van der Waals surface area contributed by atoms with Crippen molar-refractivity contribution in [1.29, 1.82) is 0 Å². The average molecular weight is 330 g/mol. The van der Waals surface area contributed by atoms with Crippen molar-refractivity contribution in [3.8, 4) is 0 Å². The molecule has 24 heavy (non-hydrogen) atoms. The number of imidazole rings is 1. The fraction of sp³-hybridized carbons (Fsp3) is 0.562. The van der Waals surface area contributed by atoms with Gasteiger partial charge in [0.25, 0.3) is 0 Å². The average Bonchev–Trinajstić information content (AvgIpc) is 2.88. The number of carbonyl (C=O) groups is 1. The van der Waals surface area contributed by atoms with Crippen LogP contribution in [0.5, 0.6) is 0 Å². The number of nitrogens with one attached hydrogen (secondary N) is 1. The second-order valence-electron chi connectivity index (χ2n) is 7.36. The maximum absolute atomic E-state index is 12.5. The molecule has 8 heteroatoms. The molecule has 0 unspecified atom stereocenters. The van der Waals surface area contributed by atoms with Crippen molar-refractivity contribution in [2.75, 3.05) is 44.3 Å². The number of urea groups is 1. The van der Waals surface area contributed by atoms with Crippen LogP contribution in [0.4, 0.5) is 4.79 Å². The molecule has 0 aliphatic carbocycles. The number of pyridine rings is 1. The van der Waals surface area contributed by atoms with Crippen LogP contribution in [0.3, 0.4) is 0 Å². The van der Waals surface area contributed by atoms with Crippen LogP contribution in [0.1, 0.15) is 13.8 Å². The molecule has 0 atom stereocenters. The van der Waals surface area contributed by atoms with Crippen LogP contribution in [0.2, 0.25) is 0 Å². The maximum Gasteiger partial charge on any atom is 0.346 e. The smallest absolute Gasteiger partial charge is 0.323 e. The van der Waals surface area contributed by atoms with Gasteiger partial charge in [-0.1, -0.05) is 13.8 Å². The summed E-state index contributed by atoms with van der Waals surface area (Å²) in [7, 11) is 0. The number of amides is 2. The summed E-state index contributed by atoms with van der Waals surface area (Å²) in [6.07, 6.45) is 1.66. The zero-order valence-electron chi connectivity index (χ0n) is 14.0. The molecule has 0 bridgehead atoms. The van der Waals surface area contributed by atoms with Gasteiger partial charge in [0, 0.05) is 37.8 Å². The van der Waals surface area contributed by atoms with Gasteiger partial charge in [-0.15, -0.1) is 0 Å². The summed E-state index contributed by atoms with van der Waals surface area (Å²) in [5.41, 5.74) is 1.41. The number of fused-ring (bicyclic) bond motifs is 1. The highest BCUT2D eigenvalue weighted by atomic mass is 16.2. The van der Waals surface area contributed by atoms with Crippen LogP contribution in [0.25, 0.3) is 11.2 Å². The van der Waals surface area contributed by atoms with E-state index in [1.807, 2.05) is 26.9 Å². The first-order chi connectivity index (χ1) is 11.4. The Labute approximate surface area is 139 Å². The molecular weight excluding hydrogens is 308 g/mol. The van der Waals surface area contributed by atoms with Gasteiger partial charge >= 0.3 is 11.7 Å². The standard InChI is InChI=1S/C16H22N6O2/c1-16(2)10-20(11-16)15(24)19-6-8-21(9-7-19)22-12-4-3-5-17-13(12)18-14(22)23/h3-5H,6-11H2,1-2H3,(H,17,18,23). The third-order valence-corrected chi connectivity index (χ3v) is 4.75. The van der Waals surface area contributed by atoms with E-state index in [1.165, 1.54) is 0 Å². The summed E-state index contributed by atoms with van der Waals surface area (Å²) < 4.78 is 1.64. The molecule has 0 saturated carbocycles. The van der Waals surface area contributed by atoms with Crippen molar-refractivity contribution in [2.45, 2.75) is 13.8 Å². The first-order valence-electron chi connectivity index (χ1n) is 8.29. The number of aromatic amines is 1. The molecule has 128 valence electrons. The second-order valence-corrected chi connectivity index (χ2v) is 7.36. The van der Waals surface area contributed by atoms with Gasteiger partial charge in [0.15, 0.2) is 5.65 Å². The van der Waals surface area contributed by atoms with E-state index in [1.54, 1.807) is 10.9 Å². The van der Waals surface area contributed by atoms with Crippen LogP contribution in [-0.2, 0) is 0 Å². The monoisotopic (exact) mass is 330 g/mol. The summed E-state index contributed by atoms with van der Waals surface area (Å²) in [5, 5.41) is 1.98. The Bertz CT molecular complexity index is 822. The fourth-order valence-corrected chi connectivity index (χ4v) is 3.62. The summed E-state index contributed by atoms with van der Waals surface area (Å²) in [6, 6.07) is 3.80. The molecular formula is C16H22N6O2. The number of aromatic nitrogens is 3. The van der Waals surface area contributed by atoms with E-state index in [0.717, 1.165) is 18.6 Å². The number of carbonyl (C=O) groups excluding carboxylic acids is 1. The highest BCUT2D eigenvalue weighted by Gasteiger charge is 2.39. The van der Waals surface area contributed by atoms with E-state index >= 15 is 0 Å². The Morgan fingerprint density at radius 1 is 1.17 bits per heavy atom. The second kappa shape index (κ2) is 5.25. The summed E-state index contributed by atoms with van der Waals surface area (Å²) in [6.45, 7) is 8.48. The largest absolute Gasteiger partial charge is 0.346 e. The molecule has 2 aliphatic rings. The third kappa shape index (κ3) is 2.42. The van der Waals surface area contributed by atoms with Gasteiger partial charge < -0.3 is 14.8 Å². The van der Waals surface area contributed by atoms with Gasteiger partial charge in [-0.2, -0.15) is 0 Å². The molecule has 2 aliphatic heterocycles. The van der Waals surface area contributed by atoms with E-state index in [-0.39, 0.29) is 17.1 Å². The molecule has 1 N–H and O–H groups in total. The van der Waals surface area contributed by atoms with Gasteiger partial charge in [0.1, 0.15) is 5.52 Å². The Kier molecular flexibility index (Phi) is 3.29. The van der Waals surface area contributed by atoms with Crippen molar-refractivity contribution < 1.29 is 4.79 Å². The predicted octanol–water partition coefficient (Wildman–Crippen LogP) is 0.440. The summed E-state index contributed by atoms with van der Waals surface area (Å²) >= 11 is 0. The van der Waals surface area contributed by atoms with Gasteiger partial charge in [-0.3, -0.25) is 4.98 Å². The molecule has 8 nitrogen and oxygen atoms in total. The Morgan fingerprint density at radius 2 is 1.88 bits per heavy atom. The zero-order chi connectivity index (χ0) is 16.9. The van der Waals surface area contributed by atoms with Crippen LogP contribution in [0, 0.1) is 5.41 Å². The predicted molar refractivity (Wildman–Crippen MR) is 90.6 cm³/mol. The van der Waals surface area contributed by atoms with Crippen LogP contribution in [0.15, 0.2) is 23.1 Å². The molecule has 0 aromatic carbocycles. The lowest BCUT2D eigenvalue weighted by Crippen LogP contribution is -2.62. The Balaban J connectivity index is 1.45. The molecule has 2 fully saturated rings. The highest BCUT2D eigenvalue weighted by Crippen LogP contribution is 2.29. The number of H-pyrrole nitrogens is 1. The topological polar surface area (TPSA) is 77.5 Å². The summed E-state index contributed by atoms with van der Waals surface area (Å²) in [4.78, 5) is 35.4. The molecule has 4 rings (SSSR count). The Morgan fingerprint density at radius 3 is 2.54 bits per heavy atom. The van der Waals surface area contributed by atoms with Gasteiger partial charge in [0.2, 0.25) is 0 Å². The first-order valence-corrected chi connectivity index (χ1v) is 8.29. The number of hydrogen-bond acceptors (Lipinski definition) is 4. The first kappa shape index (κ1) is 15.0. The normalized spacial score (nSPS) is 20.3. The van der Waals surface area contributed by atoms with Crippen LogP contribution < -0.4 is 10.7 Å². The quantitative estimate of drug-likeness (QED) is 0.823. The van der Waals surface area contributed by atoms with E-state index in [9.17, 15) is 9.59 Å². The minimum absolute atomic E-state index is 0.113. The van der Waals surface area contributed by atoms with E-state index in [0.29, 0.717) is 31.8 Å². The number of piperazine rings is 1. The van der Waals surface area contributed by atoms with Crippen molar-refractivity contribution in [2.24, 2.45) is 5.41 Å². The molecule has 2 saturated heterocycles. The number of hydrogen-bond donors (Lipinski definition) is 1. The molecule has 2 aromatic rings. The number of nitrogens with zero attached hydrogens (tertiary/aromatic N) is 5. The number of likely N-dealkylation sites (tertiary alicyclic amines) is 1. The molecule has 2 aromatic heterocycles. The SMILES string of the molecule is CC1(C)CN(C(=O)N2CCN(n3c(=O)[nH]c4ncccc43)CC2)C1. The molecule has 4 heterocycles. The summed E-state index contributed by atoms with van der Waals surface area (Å²) in [5.74, 6) is 0. The highest BCUT2D eigenvalue weighted by molar-refractivity contribution is 5.76. The van der Waals surface area contributed by atoms with E-state index in [4.69, 9.17) is 0 Å². The van der Waals surface area contributed by atoms with Crippen molar-refractivity contribution in [3.63, 3.8) is 0 Å². The molecule has 0 radical (unpaired) electrons. The molecule has 0 spiro atoms. The van der Waals surface area contributed by atoms with Gasteiger partial charge in [-0.25, -0.2) is 19.2 Å².